The van der Waals surface area contributed by atoms with Crippen LogP contribution in [0, 0.1) is 0 Å². The molecule has 0 spiro atoms. The molecule has 146 valence electrons. The third-order valence-electron chi connectivity index (χ3n) is 4.34. The summed E-state index contributed by atoms with van der Waals surface area (Å²) in [4.78, 5) is 13.1. The lowest BCUT2D eigenvalue weighted by Gasteiger charge is -2.12. The van der Waals surface area contributed by atoms with E-state index >= 15 is 0 Å². The molecule has 0 bridgehead atoms. The number of benzene rings is 2. The zero-order valence-electron chi connectivity index (χ0n) is 16.0. The molecule has 2 aromatic carbocycles. The number of para-hydroxylation sites is 1. The van der Waals surface area contributed by atoms with Gasteiger partial charge in [0.15, 0.2) is 0 Å². The summed E-state index contributed by atoms with van der Waals surface area (Å²) in [6, 6.07) is 18.2. The number of rotatable bonds is 6. The van der Waals surface area contributed by atoms with Crippen molar-refractivity contribution in [3.8, 4) is 5.69 Å². The highest BCUT2D eigenvalue weighted by atomic mass is 32.2. The van der Waals surface area contributed by atoms with Crippen molar-refractivity contribution in [1.29, 1.82) is 0 Å². The van der Waals surface area contributed by atoms with E-state index in [0.29, 0.717) is 11.4 Å². The Kier molecular flexibility index (Phi) is 5.56. The molecule has 1 aromatic heterocycles. The fourth-order valence-electron chi connectivity index (χ4n) is 3.15. The maximum atomic E-state index is 13.1. The molecule has 0 aliphatic rings. The third kappa shape index (κ3) is 4.09. The first-order chi connectivity index (χ1) is 13.3. The molecule has 0 unspecified atom stereocenters. The number of nitrogens with one attached hydrogen (secondary N) is 1. The van der Waals surface area contributed by atoms with E-state index in [4.69, 9.17) is 0 Å². The zero-order valence-corrected chi connectivity index (χ0v) is 16.8. The van der Waals surface area contributed by atoms with Crippen LogP contribution in [0.3, 0.4) is 0 Å². The highest BCUT2D eigenvalue weighted by molar-refractivity contribution is 7.95. The van der Waals surface area contributed by atoms with Crippen LogP contribution in [0.5, 0.6) is 0 Å². The van der Waals surface area contributed by atoms with Crippen LogP contribution in [0.1, 0.15) is 31.0 Å². The molecule has 3 rings (SSSR count). The Morgan fingerprint density at radius 2 is 1.54 bits per heavy atom. The topological polar surface area (TPSA) is 73.1 Å². The number of anilines is 1. The van der Waals surface area contributed by atoms with Crippen molar-refractivity contribution in [2.24, 2.45) is 7.05 Å². The van der Waals surface area contributed by atoms with E-state index in [-0.39, 0.29) is 11.6 Å². The minimum absolute atomic E-state index is 0.0570. The Morgan fingerprint density at radius 3 is 2.11 bits per heavy atom. The van der Waals surface area contributed by atoms with Crippen molar-refractivity contribution in [2.75, 3.05) is 4.72 Å². The SMILES string of the molecule is CC(C)c1c(NS(=O)(=O)/C=C/c2ccccc2)c(=O)n(-c2ccccc2)n1C. The molecule has 1 N–H and O–H groups in total. The fourth-order valence-corrected chi connectivity index (χ4v) is 4.03. The second-order valence-corrected chi connectivity index (χ2v) is 8.32. The maximum absolute atomic E-state index is 13.1. The first kappa shape index (κ1) is 19.7. The van der Waals surface area contributed by atoms with Gasteiger partial charge >= 0.3 is 0 Å². The van der Waals surface area contributed by atoms with Crippen molar-refractivity contribution >= 4 is 21.8 Å². The van der Waals surface area contributed by atoms with E-state index in [1.165, 1.54) is 10.8 Å². The Labute approximate surface area is 164 Å². The van der Waals surface area contributed by atoms with E-state index in [1.54, 1.807) is 36.0 Å². The Balaban J connectivity index is 2.04. The first-order valence-corrected chi connectivity index (χ1v) is 10.5. The van der Waals surface area contributed by atoms with Crippen molar-refractivity contribution in [3.63, 3.8) is 0 Å². The summed E-state index contributed by atoms with van der Waals surface area (Å²) < 4.78 is 30.8. The van der Waals surface area contributed by atoms with Crippen LogP contribution in [-0.2, 0) is 17.1 Å². The average Bonchev–Trinajstić information content (AvgIpc) is 2.91. The van der Waals surface area contributed by atoms with Crippen LogP contribution in [0.15, 0.2) is 70.9 Å². The van der Waals surface area contributed by atoms with Crippen LogP contribution in [0.2, 0.25) is 0 Å². The van der Waals surface area contributed by atoms with Gasteiger partial charge in [0.05, 0.1) is 16.8 Å². The summed E-state index contributed by atoms with van der Waals surface area (Å²) in [5, 5.41) is 1.08. The van der Waals surface area contributed by atoms with Gasteiger partial charge in [-0.05, 0) is 29.7 Å². The predicted molar refractivity (Wildman–Crippen MR) is 113 cm³/mol. The van der Waals surface area contributed by atoms with Crippen LogP contribution >= 0.6 is 0 Å². The smallest absolute Gasteiger partial charge is 0.283 e. The van der Waals surface area contributed by atoms with Gasteiger partial charge in [-0.3, -0.25) is 14.2 Å². The summed E-state index contributed by atoms with van der Waals surface area (Å²) >= 11 is 0. The summed E-state index contributed by atoms with van der Waals surface area (Å²) in [6.45, 7) is 3.84. The van der Waals surface area contributed by atoms with Crippen molar-refractivity contribution in [3.05, 3.63) is 87.7 Å². The van der Waals surface area contributed by atoms with Crippen molar-refractivity contribution in [1.82, 2.24) is 9.36 Å². The molecule has 0 saturated heterocycles. The molecule has 7 heteroatoms. The maximum Gasteiger partial charge on any atom is 0.296 e. The minimum Gasteiger partial charge on any atom is -0.283 e. The van der Waals surface area contributed by atoms with Gasteiger partial charge in [-0.15, -0.1) is 0 Å². The average molecular weight is 398 g/mol. The van der Waals surface area contributed by atoms with Crippen LogP contribution < -0.4 is 10.3 Å². The first-order valence-electron chi connectivity index (χ1n) is 8.93. The molecule has 28 heavy (non-hydrogen) atoms. The van der Waals surface area contributed by atoms with Gasteiger partial charge < -0.3 is 0 Å². The molecule has 6 nitrogen and oxygen atoms in total. The molecule has 0 amide bonds. The number of hydrogen-bond donors (Lipinski definition) is 1. The quantitative estimate of drug-likeness (QED) is 0.689. The molecule has 0 fully saturated rings. The van der Waals surface area contributed by atoms with E-state index in [9.17, 15) is 13.2 Å². The predicted octanol–water partition coefficient (Wildman–Crippen LogP) is 3.71. The Morgan fingerprint density at radius 1 is 0.964 bits per heavy atom. The lowest BCUT2D eigenvalue weighted by Crippen LogP contribution is -2.22. The molecule has 1 heterocycles. The van der Waals surface area contributed by atoms with Gasteiger partial charge in [0, 0.05) is 7.05 Å². The van der Waals surface area contributed by atoms with E-state index in [1.807, 2.05) is 50.2 Å². The highest BCUT2D eigenvalue weighted by Gasteiger charge is 2.24. The van der Waals surface area contributed by atoms with Crippen molar-refractivity contribution in [2.45, 2.75) is 19.8 Å². The van der Waals surface area contributed by atoms with Gasteiger partial charge in [0.1, 0.15) is 5.69 Å². The van der Waals surface area contributed by atoms with Crippen LogP contribution in [0.4, 0.5) is 5.69 Å². The Bertz CT molecular complexity index is 1140. The zero-order chi connectivity index (χ0) is 20.3. The lowest BCUT2D eigenvalue weighted by atomic mass is 10.1. The number of sulfonamides is 1. The molecular weight excluding hydrogens is 374 g/mol. The number of nitrogens with zero attached hydrogens (tertiary/aromatic N) is 2. The summed E-state index contributed by atoms with van der Waals surface area (Å²) in [7, 11) is -2.10. The fraction of sp³-hybridized carbons (Fsp3) is 0.190. The highest BCUT2D eigenvalue weighted by Crippen LogP contribution is 2.24. The molecule has 0 atom stereocenters. The molecular formula is C21H23N3O3S. The standard InChI is InChI=1S/C21H23N3O3S/c1-16(2)20-19(21(25)24(23(20)3)18-12-8-5-9-13-18)22-28(26,27)15-14-17-10-6-4-7-11-17/h4-16,22H,1-3H3/b15-14+. The summed E-state index contributed by atoms with van der Waals surface area (Å²) in [5.41, 5.74) is 1.70. The monoisotopic (exact) mass is 397 g/mol. The van der Waals surface area contributed by atoms with Gasteiger partial charge in [0.2, 0.25) is 0 Å². The molecule has 0 aliphatic heterocycles. The lowest BCUT2D eigenvalue weighted by molar-refractivity contribution is 0.595. The number of aromatic nitrogens is 2. The van der Waals surface area contributed by atoms with E-state index < -0.39 is 15.6 Å². The van der Waals surface area contributed by atoms with Gasteiger partial charge in [-0.25, -0.2) is 13.1 Å². The molecule has 0 aliphatic carbocycles. The summed E-state index contributed by atoms with van der Waals surface area (Å²) in [6.07, 6.45) is 1.50. The minimum atomic E-state index is -3.85. The van der Waals surface area contributed by atoms with Crippen molar-refractivity contribution < 1.29 is 8.42 Å². The van der Waals surface area contributed by atoms with Gasteiger partial charge in [-0.2, -0.15) is 0 Å². The van der Waals surface area contributed by atoms with E-state index in [2.05, 4.69) is 4.72 Å². The molecule has 3 aromatic rings. The second-order valence-electron chi connectivity index (χ2n) is 6.75. The third-order valence-corrected chi connectivity index (χ3v) is 5.33. The normalized spacial score (nSPS) is 12.0. The van der Waals surface area contributed by atoms with Crippen LogP contribution in [-0.4, -0.2) is 17.8 Å². The largest absolute Gasteiger partial charge is 0.296 e. The second kappa shape index (κ2) is 7.90. The Hall–Kier alpha value is -3.06. The number of hydrogen-bond acceptors (Lipinski definition) is 3. The molecule has 0 saturated carbocycles. The van der Waals surface area contributed by atoms with Gasteiger partial charge in [0.25, 0.3) is 15.6 Å². The van der Waals surface area contributed by atoms with Gasteiger partial charge in [-0.1, -0.05) is 62.4 Å². The van der Waals surface area contributed by atoms with E-state index in [0.717, 1.165) is 11.0 Å². The summed E-state index contributed by atoms with van der Waals surface area (Å²) in [5.74, 6) is -0.0570. The molecule has 0 radical (unpaired) electrons. The van der Waals surface area contributed by atoms with Crippen LogP contribution in [0.25, 0.3) is 11.8 Å².